The van der Waals surface area contributed by atoms with Crippen molar-refractivity contribution < 1.29 is 9.53 Å². The predicted octanol–water partition coefficient (Wildman–Crippen LogP) is 2.43. The van der Waals surface area contributed by atoms with E-state index in [1.54, 1.807) is 6.33 Å². The second kappa shape index (κ2) is 8.28. The highest BCUT2D eigenvalue weighted by Gasteiger charge is 2.24. The Morgan fingerprint density at radius 3 is 2.23 bits per heavy atom. The monoisotopic (exact) mass is 403 g/mol. The number of hydrogen-bond acceptors (Lipinski definition) is 6. The molecule has 2 fully saturated rings. The van der Waals surface area contributed by atoms with Crippen LogP contribution in [0.3, 0.4) is 0 Å². The Labute approximate surface area is 175 Å². The molecular weight excluding hydrogens is 378 g/mol. The first-order valence-electron chi connectivity index (χ1n) is 10.5. The maximum atomic E-state index is 13.2. The van der Waals surface area contributed by atoms with Crippen LogP contribution in [0.5, 0.6) is 0 Å². The van der Waals surface area contributed by atoms with Crippen molar-refractivity contribution in [1.29, 1.82) is 0 Å². The Morgan fingerprint density at radius 1 is 0.800 bits per heavy atom. The molecule has 0 unspecified atom stereocenters. The molecule has 1 amide bonds. The molecule has 7 nitrogen and oxygen atoms in total. The Kier molecular flexibility index (Phi) is 5.19. The van der Waals surface area contributed by atoms with Gasteiger partial charge >= 0.3 is 0 Å². The SMILES string of the molecule is O=C(c1cccc2ccccc12)N1CCN(c2cc(N3CCOCC3)ncn2)CC1. The number of ether oxygens (including phenoxy) is 1. The number of aromatic nitrogens is 2. The van der Waals surface area contributed by atoms with Crippen LogP contribution in [-0.2, 0) is 4.74 Å². The lowest BCUT2D eigenvalue weighted by Crippen LogP contribution is -2.49. The molecule has 0 aliphatic carbocycles. The fraction of sp³-hybridized carbons (Fsp3) is 0.348. The maximum absolute atomic E-state index is 13.2. The number of piperazine rings is 1. The van der Waals surface area contributed by atoms with E-state index in [1.165, 1.54) is 0 Å². The van der Waals surface area contributed by atoms with Crippen molar-refractivity contribution in [3.8, 4) is 0 Å². The maximum Gasteiger partial charge on any atom is 0.254 e. The Bertz CT molecular complexity index is 1040. The van der Waals surface area contributed by atoms with Crippen LogP contribution in [0.4, 0.5) is 11.6 Å². The third-order valence-electron chi connectivity index (χ3n) is 5.88. The second-order valence-corrected chi connectivity index (χ2v) is 7.64. The van der Waals surface area contributed by atoms with Gasteiger partial charge in [0.15, 0.2) is 0 Å². The summed E-state index contributed by atoms with van der Waals surface area (Å²) in [6.07, 6.45) is 1.63. The van der Waals surface area contributed by atoms with Gasteiger partial charge in [0.2, 0.25) is 0 Å². The quantitative estimate of drug-likeness (QED) is 0.669. The van der Waals surface area contributed by atoms with Crippen LogP contribution in [0.25, 0.3) is 10.8 Å². The normalized spacial score (nSPS) is 17.4. The molecule has 0 radical (unpaired) electrons. The minimum Gasteiger partial charge on any atom is -0.378 e. The molecule has 2 aromatic carbocycles. The fourth-order valence-electron chi connectivity index (χ4n) is 4.20. The molecule has 5 rings (SSSR count). The zero-order valence-corrected chi connectivity index (χ0v) is 16.9. The number of rotatable bonds is 3. The van der Waals surface area contributed by atoms with E-state index in [9.17, 15) is 4.79 Å². The highest BCUT2D eigenvalue weighted by Crippen LogP contribution is 2.23. The second-order valence-electron chi connectivity index (χ2n) is 7.64. The number of carbonyl (C=O) groups is 1. The summed E-state index contributed by atoms with van der Waals surface area (Å²) in [5, 5.41) is 2.11. The van der Waals surface area contributed by atoms with Crippen LogP contribution in [0.2, 0.25) is 0 Å². The average Bonchev–Trinajstić information content (AvgIpc) is 2.84. The van der Waals surface area contributed by atoms with E-state index in [-0.39, 0.29) is 5.91 Å². The van der Waals surface area contributed by atoms with E-state index >= 15 is 0 Å². The highest BCUT2D eigenvalue weighted by atomic mass is 16.5. The summed E-state index contributed by atoms with van der Waals surface area (Å²) in [7, 11) is 0. The fourth-order valence-corrected chi connectivity index (χ4v) is 4.20. The van der Waals surface area contributed by atoms with Gasteiger partial charge in [0.05, 0.1) is 13.2 Å². The summed E-state index contributed by atoms with van der Waals surface area (Å²) in [6, 6.07) is 16.0. The standard InChI is InChI=1S/C23H25N5O2/c29-23(20-7-3-5-18-4-1-2-6-19(18)20)28-10-8-26(9-11-28)21-16-22(25-17-24-21)27-12-14-30-15-13-27/h1-7,16-17H,8-15H2. The van der Waals surface area contributed by atoms with Crippen LogP contribution in [-0.4, -0.2) is 73.3 Å². The molecular formula is C23H25N5O2. The summed E-state index contributed by atoms with van der Waals surface area (Å²) < 4.78 is 5.43. The van der Waals surface area contributed by atoms with E-state index in [4.69, 9.17) is 4.74 Å². The molecule has 0 saturated carbocycles. The van der Waals surface area contributed by atoms with E-state index in [1.807, 2.05) is 53.4 Å². The van der Waals surface area contributed by atoms with Gasteiger partial charge in [0.1, 0.15) is 18.0 Å². The van der Waals surface area contributed by atoms with Crippen LogP contribution in [0, 0.1) is 0 Å². The number of anilines is 2. The number of morpholine rings is 1. The smallest absolute Gasteiger partial charge is 0.254 e. The van der Waals surface area contributed by atoms with Crippen molar-refractivity contribution in [2.24, 2.45) is 0 Å². The van der Waals surface area contributed by atoms with E-state index < -0.39 is 0 Å². The summed E-state index contributed by atoms with van der Waals surface area (Å²) in [4.78, 5) is 28.5. The molecule has 2 saturated heterocycles. The third kappa shape index (κ3) is 3.68. The number of nitrogens with zero attached hydrogens (tertiary/aromatic N) is 5. The minimum atomic E-state index is 0.100. The minimum absolute atomic E-state index is 0.100. The molecule has 7 heteroatoms. The molecule has 0 bridgehead atoms. The molecule has 3 heterocycles. The van der Waals surface area contributed by atoms with Gasteiger partial charge in [-0.05, 0) is 16.8 Å². The summed E-state index contributed by atoms with van der Waals surface area (Å²) in [5.41, 5.74) is 0.776. The van der Waals surface area contributed by atoms with E-state index in [0.717, 1.165) is 67.4 Å². The van der Waals surface area contributed by atoms with Crippen LogP contribution in [0.1, 0.15) is 10.4 Å². The molecule has 2 aliphatic rings. The van der Waals surface area contributed by atoms with E-state index in [0.29, 0.717) is 13.1 Å². The number of amides is 1. The van der Waals surface area contributed by atoms with E-state index in [2.05, 4.69) is 19.8 Å². The lowest BCUT2D eigenvalue weighted by molar-refractivity contribution is 0.0748. The Morgan fingerprint density at radius 2 is 1.47 bits per heavy atom. The summed E-state index contributed by atoms with van der Waals surface area (Å²) >= 11 is 0. The number of fused-ring (bicyclic) bond motifs is 1. The zero-order chi connectivity index (χ0) is 20.3. The molecule has 3 aromatic rings. The number of benzene rings is 2. The molecule has 0 atom stereocenters. The molecule has 0 spiro atoms. The summed E-state index contributed by atoms with van der Waals surface area (Å²) in [6.45, 7) is 6.04. The molecule has 30 heavy (non-hydrogen) atoms. The van der Waals surface area contributed by atoms with Gasteiger partial charge in [-0.15, -0.1) is 0 Å². The van der Waals surface area contributed by atoms with Gasteiger partial charge in [0, 0.05) is 50.9 Å². The number of carbonyl (C=O) groups excluding carboxylic acids is 1. The molecule has 1 aromatic heterocycles. The Hall–Kier alpha value is -3.19. The summed E-state index contributed by atoms with van der Waals surface area (Å²) in [5.74, 6) is 1.96. The van der Waals surface area contributed by atoms with Crippen molar-refractivity contribution in [2.45, 2.75) is 0 Å². The van der Waals surface area contributed by atoms with Gasteiger partial charge in [-0.25, -0.2) is 9.97 Å². The predicted molar refractivity (Wildman–Crippen MR) is 117 cm³/mol. The van der Waals surface area contributed by atoms with Crippen LogP contribution < -0.4 is 9.80 Å². The first kappa shape index (κ1) is 18.8. The third-order valence-corrected chi connectivity index (χ3v) is 5.88. The lowest BCUT2D eigenvalue weighted by Gasteiger charge is -2.36. The first-order chi connectivity index (χ1) is 14.8. The van der Waals surface area contributed by atoms with Gasteiger partial charge in [-0.1, -0.05) is 36.4 Å². The van der Waals surface area contributed by atoms with Gasteiger partial charge in [-0.3, -0.25) is 4.79 Å². The molecule has 2 aliphatic heterocycles. The van der Waals surface area contributed by atoms with Gasteiger partial charge in [0.25, 0.3) is 5.91 Å². The molecule has 0 N–H and O–H groups in total. The topological polar surface area (TPSA) is 61.8 Å². The van der Waals surface area contributed by atoms with Crippen LogP contribution in [0.15, 0.2) is 54.9 Å². The lowest BCUT2D eigenvalue weighted by atomic mass is 10.0. The first-order valence-corrected chi connectivity index (χ1v) is 10.5. The molecule has 154 valence electrons. The highest BCUT2D eigenvalue weighted by molar-refractivity contribution is 6.07. The van der Waals surface area contributed by atoms with Crippen molar-refractivity contribution in [1.82, 2.24) is 14.9 Å². The van der Waals surface area contributed by atoms with Crippen molar-refractivity contribution in [2.75, 3.05) is 62.3 Å². The Balaban J connectivity index is 1.28. The zero-order valence-electron chi connectivity index (χ0n) is 16.9. The number of hydrogen-bond donors (Lipinski definition) is 0. The largest absolute Gasteiger partial charge is 0.378 e. The van der Waals surface area contributed by atoms with Crippen LogP contribution >= 0.6 is 0 Å². The van der Waals surface area contributed by atoms with Gasteiger partial charge < -0.3 is 19.4 Å². The van der Waals surface area contributed by atoms with Crippen molar-refractivity contribution >= 4 is 28.3 Å². The van der Waals surface area contributed by atoms with Crippen molar-refractivity contribution in [3.63, 3.8) is 0 Å². The van der Waals surface area contributed by atoms with Crippen molar-refractivity contribution in [3.05, 3.63) is 60.4 Å². The average molecular weight is 403 g/mol. The van der Waals surface area contributed by atoms with Gasteiger partial charge in [-0.2, -0.15) is 0 Å².